The molecule has 0 amide bonds. The molecule has 2 nitrogen and oxygen atoms in total. The topological polar surface area (TPSA) is 9.29 Å². The van der Waals surface area contributed by atoms with Crippen LogP contribution in [0.1, 0.15) is 0 Å². The molecule has 1 aromatic heterocycles. The van der Waals surface area contributed by atoms with E-state index in [1.807, 2.05) is 30.3 Å². The van der Waals surface area contributed by atoms with Gasteiger partial charge in [-0.3, -0.25) is 0 Å². The molecule has 0 saturated heterocycles. The summed E-state index contributed by atoms with van der Waals surface area (Å²) < 4.78 is 3.14. The quantitative estimate of drug-likeness (QED) is 0.368. The van der Waals surface area contributed by atoms with E-state index in [0.717, 1.165) is 21.2 Å². The molecular weight excluding hydrogens is 336 g/mol. The van der Waals surface area contributed by atoms with Crippen LogP contribution in [-0.4, -0.2) is 4.57 Å². The summed E-state index contributed by atoms with van der Waals surface area (Å²) in [5, 5.41) is 2.41. The first-order chi connectivity index (χ1) is 10.8. The maximum atomic E-state index is 7.47. The Hall–Kier alpha value is -2.57. The molecule has 0 spiro atoms. The molecule has 0 radical (unpaired) electrons. The summed E-state index contributed by atoms with van der Waals surface area (Å²) in [4.78, 5) is 3.69. The minimum Gasteiger partial charge on any atom is -0.319 e. The second-order valence-electron chi connectivity index (χ2n) is 5.11. The number of rotatable bonds is 1. The lowest BCUT2D eigenvalue weighted by molar-refractivity contribution is 1.18. The summed E-state index contributed by atoms with van der Waals surface area (Å²) in [5.41, 5.74) is 3.79. The average Bonchev–Trinajstić information content (AvgIpc) is 2.89. The van der Waals surface area contributed by atoms with E-state index in [1.54, 1.807) is 0 Å². The summed E-state index contributed by atoms with van der Waals surface area (Å²) in [5.74, 6) is 0. The number of fused-ring (bicyclic) bond motifs is 3. The molecule has 104 valence electrons. The maximum absolute atomic E-state index is 7.47. The summed E-state index contributed by atoms with van der Waals surface area (Å²) in [6.45, 7) is 7.47. The van der Waals surface area contributed by atoms with Gasteiger partial charge in [-0.1, -0.05) is 64.5 Å². The molecule has 0 aliphatic rings. The maximum Gasteiger partial charge on any atom is 0.210 e. The third kappa shape index (κ3) is 1.85. The van der Waals surface area contributed by atoms with Crippen molar-refractivity contribution < 1.29 is 0 Å². The van der Waals surface area contributed by atoms with Gasteiger partial charge in [0.05, 0.1) is 23.3 Å². The van der Waals surface area contributed by atoms with Gasteiger partial charge in [-0.05, 0) is 18.2 Å². The lowest BCUT2D eigenvalue weighted by Gasteiger charge is -2.10. The van der Waals surface area contributed by atoms with Crippen molar-refractivity contribution in [2.45, 2.75) is 0 Å². The number of nitrogens with zero attached hydrogens (tertiary/aromatic N) is 2. The van der Waals surface area contributed by atoms with Crippen molar-refractivity contribution in [2.24, 2.45) is 0 Å². The number of para-hydroxylation sites is 2. The predicted molar refractivity (Wildman–Crippen MR) is 94.7 cm³/mol. The Kier molecular flexibility index (Phi) is 2.99. The van der Waals surface area contributed by atoms with Gasteiger partial charge in [0.1, 0.15) is 0 Å². The monoisotopic (exact) mass is 346 g/mol. The summed E-state index contributed by atoms with van der Waals surface area (Å²) in [7, 11) is 0. The third-order valence-corrected chi connectivity index (χ3v) is 4.37. The molecule has 0 fully saturated rings. The first kappa shape index (κ1) is 13.1. The van der Waals surface area contributed by atoms with E-state index in [0.29, 0.717) is 5.69 Å². The van der Waals surface area contributed by atoms with E-state index in [1.165, 1.54) is 10.8 Å². The molecule has 1 heterocycles. The van der Waals surface area contributed by atoms with Crippen LogP contribution in [-0.2, 0) is 0 Å². The SMILES string of the molecule is [C-]#[N+]c1ccc(Br)cc1-n1c2ccccc2c2ccccc21. The molecule has 22 heavy (non-hydrogen) atoms. The molecule has 0 atom stereocenters. The van der Waals surface area contributed by atoms with E-state index in [4.69, 9.17) is 6.57 Å². The van der Waals surface area contributed by atoms with E-state index >= 15 is 0 Å². The number of hydrogen-bond donors (Lipinski definition) is 0. The standard InChI is InChI=1S/C19H11BrN2/c1-21-16-11-10-13(20)12-19(16)22-17-8-4-2-6-14(17)15-7-3-5-9-18(15)22/h2-12H. The molecular formula is C19H11BrN2. The average molecular weight is 347 g/mol. The Morgan fingerprint density at radius 3 is 2.00 bits per heavy atom. The van der Waals surface area contributed by atoms with Crippen LogP contribution in [0.4, 0.5) is 5.69 Å². The second-order valence-corrected chi connectivity index (χ2v) is 6.03. The molecule has 4 rings (SSSR count). The Balaban J connectivity index is 2.23. The van der Waals surface area contributed by atoms with Gasteiger partial charge in [0.15, 0.2) is 0 Å². The highest BCUT2D eigenvalue weighted by Gasteiger charge is 2.14. The van der Waals surface area contributed by atoms with Crippen LogP contribution in [0.15, 0.2) is 71.2 Å². The van der Waals surface area contributed by atoms with E-state index in [2.05, 4.69) is 61.7 Å². The fourth-order valence-corrected chi connectivity index (χ4v) is 3.30. The largest absolute Gasteiger partial charge is 0.319 e. The first-order valence-electron chi connectivity index (χ1n) is 6.95. The van der Waals surface area contributed by atoms with Crippen LogP contribution >= 0.6 is 15.9 Å². The lowest BCUT2D eigenvalue weighted by atomic mass is 10.2. The molecule has 0 bridgehead atoms. The van der Waals surface area contributed by atoms with Crippen molar-refractivity contribution in [2.75, 3.05) is 0 Å². The highest BCUT2D eigenvalue weighted by molar-refractivity contribution is 9.10. The van der Waals surface area contributed by atoms with Crippen LogP contribution in [0.3, 0.4) is 0 Å². The fraction of sp³-hybridized carbons (Fsp3) is 0. The molecule has 3 heteroatoms. The minimum atomic E-state index is 0.648. The highest BCUT2D eigenvalue weighted by atomic mass is 79.9. The van der Waals surface area contributed by atoms with Crippen LogP contribution in [0.2, 0.25) is 0 Å². The van der Waals surface area contributed by atoms with Crippen LogP contribution in [0, 0.1) is 6.57 Å². The highest BCUT2D eigenvalue weighted by Crippen LogP contribution is 2.36. The van der Waals surface area contributed by atoms with Gasteiger partial charge in [-0.15, -0.1) is 0 Å². The zero-order valence-corrected chi connectivity index (χ0v) is 13.2. The fourth-order valence-electron chi connectivity index (χ4n) is 2.95. The van der Waals surface area contributed by atoms with Crippen LogP contribution < -0.4 is 0 Å². The second kappa shape index (κ2) is 5.01. The van der Waals surface area contributed by atoms with Crippen molar-refractivity contribution in [3.8, 4) is 5.69 Å². The van der Waals surface area contributed by atoms with Crippen molar-refractivity contribution in [3.05, 3.63) is 82.6 Å². The van der Waals surface area contributed by atoms with Gasteiger partial charge in [-0.2, -0.15) is 0 Å². The van der Waals surface area contributed by atoms with Crippen LogP contribution in [0.25, 0.3) is 32.3 Å². The van der Waals surface area contributed by atoms with Crippen LogP contribution in [0.5, 0.6) is 0 Å². The number of halogens is 1. The first-order valence-corrected chi connectivity index (χ1v) is 7.74. The Bertz CT molecular complexity index is 1000. The van der Waals surface area contributed by atoms with Crippen molar-refractivity contribution in [1.82, 2.24) is 4.57 Å². The molecule has 0 aliphatic carbocycles. The van der Waals surface area contributed by atoms with Gasteiger partial charge >= 0.3 is 0 Å². The number of aromatic nitrogens is 1. The Labute approximate surface area is 136 Å². The van der Waals surface area contributed by atoms with E-state index in [-0.39, 0.29) is 0 Å². The van der Waals surface area contributed by atoms with Crippen molar-refractivity contribution in [3.63, 3.8) is 0 Å². The van der Waals surface area contributed by atoms with Gasteiger partial charge in [0.2, 0.25) is 5.69 Å². The van der Waals surface area contributed by atoms with Gasteiger partial charge in [0, 0.05) is 15.2 Å². The molecule has 0 unspecified atom stereocenters. The van der Waals surface area contributed by atoms with Gasteiger partial charge < -0.3 is 4.57 Å². The smallest absolute Gasteiger partial charge is 0.210 e. The molecule has 0 aliphatic heterocycles. The number of hydrogen-bond acceptors (Lipinski definition) is 0. The Morgan fingerprint density at radius 2 is 1.41 bits per heavy atom. The minimum absolute atomic E-state index is 0.648. The summed E-state index contributed by atoms with van der Waals surface area (Å²) in [6.07, 6.45) is 0. The Morgan fingerprint density at radius 1 is 0.818 bits per heavy atom. The van der Waals surface area contributed by atoms with Gasteiger partial charge in [0.25, 0.3) is 0 Å². The van der Waals surface area contributed by atoms with Crippen molar-refractivity contribution in [1.29, 1.82) is 0 Å². The normalized spacial score (nSPS) is 10.9. The zero-order chi connectivity index (χ0) is 15.1. The third-order valence-electron chi connectivity index (χ3n) is 3.88. The molecule has 3 aromatic carbocycles. The predicted octanol–water partition coefficient (Wildman–Crippen LogP) is 6.10. The number of benzene rings is 3. The van der Waals surface area contributed by atoms with E-state index < -0.39 is 0 Å². The zero-order valence-electron chi connectivity index (χ0n) is 11.6. The van der Waals surface area contributed by atoms with E-state index in [9.17, 15) is 0 Å². The summed E-state index contributed by atoms with van der Waals surface area (Å²) >= 11 is 3.52. The molecule has 0 saturated carbocycles. The molecule has 4 aromatic rings. The lowest BCUT2D eigenvalue weighted by Crippen LogP contribution is -1.94. The summed E-state index contributed by atoms with van der Waals surface area (Å²) in [6, 6.07) is 22.4. The molecule has 0 N–H and O–H groups in total. The van der Waals surface area contributed by atoms with Gasteiger partial charge in [-0.25, -0.2) is 4.85 Å². The van der Waals surface area contributed by atoms with Crippen molar-refractivity contribution >= 4 is 43.4 Å².